The van der Waals surface area contributed by atoms with E-state index in [2.05, 4.69) is 20.9 Å². The Bertz CT molecular complexity index is 468. The van der Waals surface area contributed by atoms with Crippen LogP contribution in [0.15, 0.2) is 22.9 Å². The molecule has 0 aliphatic rings. The van der Waals surface area contributed by atoms with Gasteiger partial charge < -0.3 is 10.3 Å². The molecule has 7 heteroatoms. The molecule has 0 aliphatic heterocycles. The molecule has 19 heavy (non-hydrogen) atoms. The van der Waals surface area contributed by atoms with Gasteiger partial charge in [-0.15, -0.1) is 0 Å². The van der Waals surface area contributed by atoms with Crippen LogP contribution in [-0.2, 0) is 15.9 Å². The molecule has 1 aromatic rings. The number of carbonyl (C=O) groups is 1. The summed E-state index contributed by atoms with van der Waals surface area (Å²) in [5.41, 5.74) is 6.05. The van der Waals surface area contributed by atoms with E-state index in [4.69, 9.17) is 5.73 Å². The van der Waals surface area contributed by atoms with Gasteiger partial charge >= 0.3 is 0 Å². The first-order valence-electron chi connectivity index (χ1n) is 5.83. The number of primary amides is 1. The van der Waals surface area contributed by atoms with Crippen molar-refractivity contribution in [2.45, 2.75) is 31.4 Å². The van der Waals surface area contributed by atoms with E-state index in [0.29, 0.717) is 11.0 Å². The van der Waals surface area contributed by atoms with Crippen molar-refractivity contribution in [1.29, 1.82) is 0 Å². The number of hydrogen-bond acceptors (Lipinski definition) is 3. The summed E-state index contributed by atoms with van der Waals surface area (Å²) in [4.78, 5) is 15.5. The summed E-state index contributed by atoms with van der Waals surface area (Å²) in [5.74, 6) is -0.899. The summed E-state index contributed by atoms with van der Waals surface area (Å²) < 4.78 is 21.4. The molecule has 0 aromatic carbocycles. The van der Waals surface area contributed by atoms with E-state index in [9.17, 15) is 13.6 Å². The first-order chi connectivity index (χ1) is 8.82. The van der Waals surface area contributed by atoms with Gasteiger partial charge in [0.15, 0.2) is 11.1 Å². The number of nitrogens with zero attached hydrogens (tertiary/aromatic N) is 1. The number of aromatic nitrogens is 1. The Balaban J connectivity index is 3.20. The standard InChI is InChI=1S/C12H17BrN2O3S/c1-7(2)5-9(11(12(14)16)19(17)18)8-3-4-15-10(13)6-8/h3-4,6-7,9,11H,5H2,1-2H3,(H2,14,16)(H,17,18). The van der Waals surface area contributed by atoms with E-state index in [1.165, 1.54) is 0 Å². The van der Waals surface area contributed by atoms with E-state index in [-0.39, 0.29) is 5.92 Å². The lowest BCUT2D eigenvalue weighted by Crippen LogP contribution is -2.38. The van der Waals surface area contributed by atoms with Crippen LogP contribution in [0.3, 0.4) is 0 Å². The second kappa shape index (κ2) is 7.12. The zero-order valence-corrected chi connectivity index (χ0v) is 13.1. The number of halogens is 1. The predicted octanol–water partition coefficient (Wildman–Crippen LogP) is 2.05. The lowest BCUT2D eigenvalue weighted by Gasteiger charge is -2.24. The number of carbonyl (C=O) groups excluding carboxylic acids is 1. The quantitative estimate of drug-likeness (QED) is 0.607. The molecule has 3 atom stereocenters. The molecule has 3 N–H and O–H groups in total. The summed E-state index contributed by atoms with van der Waals surface area (Å²) in [6.45, 7) is 3.98. The predicted molar refractivity (Wildman–Crippen MR) is 77.9 cm³/mol. The van der Waals surface area contributed by atoms with Gasteiger partial charge in [0, 0.05) is 12.1 Å². The van der Waals surface area contributed by atoms with Crippen LogP contribution in [0.5, 0.6) is 0 Å². The molecule has 1 amide bonds. The number of pyridine rings is 1. The minimum Gasteiger partial charge on any atom is -0.369 e. The average molecular weight is 349 g/mol. The molecule has 0 aliphatic carbocycles. The van der Waals surface area contributed by atoms with Crippen molar-refractivity contribution in [3.63, 3.8) is 0 Å². The Labute approximate surface area is 123 Å². The largest absolute Gasteiger partial charge is 0.369 e. The minimum absolute atomic E-state index is 0.266. The third-order valence-electron chi connectivity index (χ3n) is 2.77. The molecule has 0 spiro atoms. The van der Waals surface area contributed by atoms with Crippen molar-refractivity contribution in [3.8, 4) is 0 Å². The third-order valence-corrected chi connectivity index (χ3v) is 4.20. The van der Waals surface area contributed by atoms with Crippen LogP contribution >= 0.6 is 15.9 Å². The van der Waals surface area contributed by atoms with E-state index < -0.39 is 28.2 Å². The van der Waals surface area contributed by atoms with E-state index >= 15 is 0 Å². The maximum atomic E-state index is 11.5. The number of hydrogen-bond donors (Lipinski definition) is 2. The maximum absolute atomic E-state index is 11.5. The van der Waals surface area contributed by atoms with E-state index in [1.807, 2.05) is 13.8 Å². The highest BCUT2D eigenvalue weighted by Gasteiger charge is 2.33. The normalized spacial score (nSPS) is 16.1. The lowest BCUT2D eigenvalue weighted by atomic mass is 9.87. The summed E-state index contributed by atoms with van der Waals surface area (Å²) in [6.07, 6.45) is 2.18. The Hall–Kier alpha value is -0.790. The third kappa shape index (κ3) is 4.67. The van der Waals surface area contributed by atoms with Crippen molar-refractivity contribution >= 4 is 32.9 Å². The highest BCUT2D eigenvalue weighted by atomic mass is 79.9. The van der Waals surface area contributed by atoms with Crippen LogP contribution in [0.2, 0.25) is 0 Å². The average Bonchev–Trinajstić information content (AvgIpc) is 2.26. The zero-order valence-electron chi connectivity index (χ0n) is 10.7. The number of nitrogens with two attached hydrogens (primary N) is 1. The SMILES string of the molecule is CC(C)CC(c1ccnc(Br)c1)C(C(N)=O)S(=O)O. The van der Waals surface area contributed by atoms with Gasteiger partial charge in [0.25, 0.3) is 0 Å². The van der Waals surface area contributed by atoms with Crippen molar-refractivity contribution in [3.05, 3.63) is 28.5 Å². The molecule has 1 rings (SSSR count). The summed E-state index contributed by atoms with van der Waals surface area (Å²) in [6, 6.07) is 3.48. The van der Waals surface area contributed by atoms with Crippen molar-refractivity contribution in [2.24, 2.45) is 11.7 Å². The van der Waals surface area contributed by atoms with Crippen molar-refractivity contribution < 1.29 is 13.6 Å². The zero-order chi connectivity index (χ0) is 14.6. The smallest absolute Gasteiger partial charge is 0.236 e. The van der Waals surface area contributed by atoms with Crippen LogP contribution in [0.4, 0.5) is 0 Å². The van der Waals surface area contributed by atoms with Gasteiger partial charge in [0.2, 0.25) is 5.91 Å². The van der Waals surface area contributed by atoms with Crippen molar-refractivity contribution in [2.75, 3.05) is 0 Å². The Morgan fingerprint density at radius 3 is 2.63 bits per heavy atom. The number of rotatable bonds is 6. The minimum atomic E-state index is -2.30. The van der Waals surface area contributed by atoms with Gasteiger partial charge in [-0.2, -0.15) is 0 Å². The molecule has 0 saturated carbocycles. The first-order valence-corrected chi connectivity index (χ1v) is 7.79. The molecule has 0 bridgehead atoms. The second-order valence-corrected chi connectivity index (χ2v) is 6.62. The van der Waals surface area contributed by atoms with Crippen LogP contribution in [0.25, 0.3) is 0 Å². The number of amides is 1. The van der Waals surface area contributed by atoms with Crippen LogP contribution in [-0.4, -0.2) is 24.9 Å². The molecule has 5 nitrogen and oxygen atoms in total. The van der Waals surface area contributed by atoms with Gasteiger partial charge in [-0.1, -0.05) is 13.8 Å². The molecule has 0 fully saturated rings. The monoisotopic (exact) mass is 348 g/mol. The van der Waals surface area contributed by atoms with Gasteiger partial charge in [-0.3, -0.25) is 4.79 Å². The molecule has 0 saturated heterocycles. The fourth-order valence-electron chi connectivity index (χ4n) is 2.03. The van der Waals surface area contributed by atoms with Crippen LogP contribution in [0.1, 0.15) is 31.7 Å². The molecule has 106 valence electrons. The highest BCUT2D eigenvalue weighted by Crippen LogP contribution is 2.30. The van der Waals surface area contributed by atoms with Crippen molar-refractivity contribution in [1.82, 2.24) is 4.98 Å². The maximum Gasteiger partial charge on any atom is 0.236 e. The van der Waals surface area contributed by atoms with Crippen LogP contribution < -0.4 is 5.73 Å². The second-order valence-electron chi connectivity index (χ2n) is 4.75. The van der Waals surface area contributed by atoms with Gasteiger partial charge in [-0.05, 0) is 46.0 Å². The van der Waals surface area contributed by atoms with Gasteiger partial charge in [0.05, 0.1) is 0 Å². The summed E-state index contributed by atoms with van der Waals surface area (Å²) in [5, 5.41) is -1.11. The highest BCUT2D eigenvalue weighted by molar-refractivity contribution is 9.10. The molecule has 0 radical (unpaired) electrons. The van der Waals surface area contributed by atoms with E-state index in [1.54, 1.807) is 18.3 Å². The van der Waals surface area contributed by atoms with Gasteiger partial charge in [-0.25, -0.2) is 9.19 Å². The fraction of sp³-hybridized carbons (Fsp3) is 0.500. The van der Waals surface area contributed by atoms with E-state index in [0.717, 1.165) is 5.56 Å². The van der Waals surface area contributed by atoms with Crippen LogP contribution in [0, 0.1) is 5.92 Å². The Kier molecular flexibility index (Phi) is 6.09. The van der Waals surface area contributed by atoms with Gasteiger partial charge in [0.1, 0.15) is 9.85 Å². The molecule has 1 aromatic heterocycles. The molecule has 1 heterocycles. The fourth-order valence-corrected chi connectivity index (χ4v) is 3.16. The topological polar surface area (TPSA) is 93.3 Å². The Morgan fingerprint density at radius 2 is 2.21 bits per heavy atom. The molecular weight excluding hydrogens is 332 g/mol. The Morgan fingerprint density at radius 1 is 1.58 bits per heavy atom. The first kappa shape index (κ1) is 16.3. The molecule has 3 unspecified atom stereocenters. The summed E-state index contributed by atoms with van der Waals surface area (Å²) in [7, 11) is 0. The lowest BCUT2D eigenvalue weighted by molar-refractivity contribution is -0.118. The summed E-state index contributed by atoms with van der Waals surface area (Å²) >= 11 is 0.957. The molecular formula is C12H17BrN2O3S.